The van der Waals surface area contributed by atoms with Crippen LogP contribution in [0.2, 0.25) is 0 Å². The summed E-state index contributed by atoms with van der Waals surface area (Å²) in [7, 11) is 3.82. The topological polar surface area (TPSA) is 23.5 Å². The molecule has 0 amide bonds. The van der Waals surface area contributed by atoms with Crippen LogP contribution in [-0.4, -0.2) is 35.7 Å². The van der Waals surface area contributed by atoms with Gasteiger partial charge in [-0.3, -0.25) is 0 Å². The predicted molar refractivity (Wildman–Crippen MR) is 108 cm³/mol. The molecule has 2 aromatic carbocycles. The lowest BCUT2D eigenvalue weighted by Gasteiger charge is -2.59. The first-order chi connectivity index (χ1) is 14.8. The molecule has 2 aromatic rings. The Labute approximate surface area is 182 Å². The molecule has 5 rings (SSSR count). The Balaban J connectivity index is 1.73. The maximum atomic E-state index is 13.0. The molecule has 3 saturated carbocycles. The first kappa shape index (κ1) is 23.1. The Bertz CT molecular complexity index is 881. The zero-order valence-electron chi connectivity index (χ0n) is 17.7. The third kappa shape index (κ3) is 4.03. The van der Waals surface area contributed by atoms with E-state index in [1.54, 1.807) is 0 Å². The van der Waals surface area contributed by atoms with Gasteiger partial charge in [-0.2, -0.15) is 26.3 Å². The van der Waals surface area contributed by atoms with Crippen molar-refractivity contribution in [1.29, 1.82) is 0 Å². The number of alkyl halides is 6. The number of halogens is 6. The van der Waals surface area contributed by atoms with Crippen LogP contribution >= 0.6 is 0 Å². The lowest BCUT2D eigenvalue weighted by molar-refractivity contribution is -0.138. The smallest absolute Gasteiger partial charge is 0.393 e. The van der Waals surface area contributed by atoms with Crippen LogP contribution in [0.15, 0.2) is 48.5 Å². The summed E-state index contributed by atoms with van der Waals surface area (Å²) in [6.45, 7) is 0. The van der Waals surface area contributed by atoms with Crippen molar-refractivity contribution in [2.24, 2.45) is 5.92 Å². The first-order valence-electron chi connectivity index (χ1n) is 10.5. The maximum Gasteiger partial charge on any atom is 0.416 e. The summed E-state index contributed by atoms with van der Waals surface area (Å²) in [4.78, 5) is 2.04. The molecule has 0 heterocycles. The van der Waals surface area contributed by atoms with Crippen LogP contribution in [0.4, 0.5) is 26.3 Å². The summed E-state index contributed by atoms with van der Waals surface area (Å²) in [6.07, 6.45) is -7.71. The average Bonchev–Trinajstić information content (AvgIpc) is 2.72. The van der Waals surface area contributed by atoms with Gasteiger partial charge in [-0.1, -0.05) is 24.3 Å². The largest absolute Gasteiger partial charge is 0.416 e. The van der Waals surface area contributed by atoms with Crippen molar-refractivity contribution in [2.45, 2.75) is 55.1 Å². The van der Waals surface area contributed by atoms with Crippen molar-refractivity contribution in [3.8, 4) is 0 Å². The molecule has 0 aliphatic heterocycles. The summed E-state index contributed by atoms with van der Waals surface area (Å²) in [5.74, 6) is -0.695. The fraction of sp³-hybridized carbons (Fsp3) is 0.500. The Morgan fingerprint density at radius 3 is 1.41 bits per heavy atom. The second-order valence-electron chi connectivity index (χ2n) is 9.33. The molecule has 32 heavy (non-hydrogen) atoms. The highest BCUT2D eigenvalue weighted by molar-refractivity contribution is 5.35. The highest BCUT2D eigenvalue weighted by Gasteiger charge is 2.56. The number of benzene rings is 2. The van der Waals surface area contributed by atoms with Gasteiger partial charge < -0.3 is 10.0 Å². The van der Waals surface area contributed by atoms with Crippen LogP contribution in [0.25, 0.3) is 0 Å². The Morgan fingerprint density at radius 2 is 1.09 bits per heavy atom. The minimum Gasteiger partial charge on any atom is -0.393 e. The molecular formula is C24H25F6NO. The van der Waals surface area contributed by atoms with Crippen LogP contribution in [0.5, 0.6) is 0 Å². The van der Waals surface area contributed by atoms with E-state index in [2.05, 4.69) is 0 Å². The summed E-state index contributed by atoms with van der Waals surface area (Å²) < 4.78 is 78.1. The van der Waals surface area contributed by atoms with Crippen LogP contribution in [0.3, 0.4) is 0 Å². The molecule has 8 heteroatoms. The summed E-state index contributed by atoms with van der Waals surface area (Å²) in [6, 6.07) is 10.1. The van der Waals surface area contributed by atoms with Gasteiger partial charge in [0.15, 0.2) is 0 Å². The molecule has 0 radical (unpaired) electrons. The van der Waals surface area contributed by atoms with E-state index in [4.69, 9.17) is 0 Å². The molecule has 2 bridgehead atoms. The molecule has 3 atom stereocenters. The van der Waals surface area contributed by atoms with Crippen LogP contribution in [0.1, 0.15) is 53.4 Å². The zero-order chi connectivity index (χ0) is 23.5. The molecule has 2 nitrogen and oxygen atoms in total. The molecular weight excluding hydrogens is 432 g/mol. The lowest BCUT2D eigenvalue weighted by atomic mass is 9.52. The number of aliphatic hydroxyl groups is 1. The SMILES string of the molecule is CN(C)C12CC(O)C(C(c3ccc(C(F)(F)F)cc3)C1)C(c1ccc(C(F)(F)F)cc1)C2. The van der Waals surface area contributed by atoms with Gasteiger partial charge in [-0.15, -0.1) is 0 Å². The monoisotopic (exact) mass is 457 g/mol. The van der Waals surface area contributed by atoms with E-state index in [1.165, 1.54) is 24.3 Å². The van der Waals surface area contributed by atoms with E-state index >= 15 is 0 Å². The molecule has 3 aliphatic carbocycles. The highest BCUT2D eigenvalue weighted by Crippen LogP contribution is 2.59. The van der Waals surface area contributed by atoms with E-state index in [-0.39, 0.29) is 17.8 Å². The second kappa shape index (κ2) is 7.76. The third-order valence-electron chi connectivity index (χ3n) is 7.44. The van der Waals surface area contributed by atoms with Crippen molar-refractivity contribution >= 4 is 0 Å². The van der Waals surface area contributed by atoms with Crippen molar-refractivity contribution in [3.05, 3.63) is 70.8 Å². The Kier molecular flexibility index (Phi) is 5.61. The second-order valence-corrected chi connectivity index (χ2v) is 9.33. The molecule has 174 valence electrons. The zero-order valence-corrected chi connectivity index (χ0v) is 17.7. The number of aliphatic hydroxyl groups excluding tert-OH is 1. The van der Waals surface area contributed by atoms with Gasteiger partial charge >= 0.3 is 12.4 Å². The molecule has 0 saturated heterocycles. The van der Waals surface area contributed by atoms with Crippen molar-refractivity contribution in [2.75, 3.05) is 14.1 Å². The fourth-order valence-electron chi connectivity index (χ4n) is 5.75. The van der Waals surface area contributed by atoms with Crippen LogP contribution in [0, 0.1) is 5.92 Å². The van der Waals surface area contributed by atoms with Gasteiger partial charge in [0.25, 0.3) is 0 Å². The summed E-state index contributed by atoms with van der Waals surface area (Å²) >= 11 is 0. The molecule has 0 aromatic heterocycles. The van der Waals surface area contributed by atoms with Crippen LogP contribution in [-0.2, 0) is 12.4 Å². The first-order valence-corrected chi connectivity index (χ1v) is 10.5. The van der Waals surface area contributed by atoms with E-state index in [9.17, 15) is 31.4 Å². The molecule has 3 fully saturated rings. The number of hydrogen-bond donors (Lipinski definition) is 1. The molecule has 0 spiro atoms. The molecule has 3 aliphatic rings. The number of fused-ring (bicyclic) bond motifs is 3. The van der Waals surface area contributed by atoms with E-state index in [0.717, 1.165) is 24.3 Å². The van der Waals surface area contributed by atoms with Crippen molar-refractivity contribution in [3.63, 3.8) is 0 Å². The normalized spacial score (nSPS) is 30.7. The van der Waals surface area contributed by atoms with Gasteiger partial charge in [-0.05, 0) is 86.5 Å². The van der Waals surface area contributed by atoms with Crippen molar-refractivity contribution < 1.29 is 31.4 Å². The minimum absolute atomic E-state index is 0.204. The number of hydrogen-bond acceptors (Lipinski definition) is 2. The van der Waals surface area contributed by atoms with Gasteiger partial charge in [0, 0.05) is 5.54 Å². The fourth-order valence-corrected chi connectivity index (χ4v) is 5.75. The summed E-state index contributed by atoms with van der Waals surface area (Å²) in [5.41, 5.74) is -0.433. The summed E-state index contributed by atoms with van der Waals surface area (Å²) in [5, 5.41) is 11.1. The number of rotatable bonds is 3. The predicted octanol–water partition coefficient (Wildman–Crippen LogP) is 6.07. The van der Waals surface area contributed by atoms with E-state index in [1.807, 2.05) is 19.0 Å². The van der Waals surface area contributed by atoms with E-state index < -0.39 is 35.1 Å². The van der Waals surface area contributed by atoms with Crippen LogP contribution < -0.4 is 0 Å². The van der Waals surface area contributed by atoms with Gasteiger partial charge in [0.2, 0.25) is 0 Å². The highest BCUT2D eigenvalue weighted by atomic mass is 19.4. The van der Waals surface area contributed by atoms with E-state index in [0.29, 0.717) is 30.4 Å². The lowest BCUT2D eigenvalue weighted by Crippen LogP contribution is -2.60. The van der Waals surface area contributed by atoms with Gasteiger partial charge in [0.1, 0.15) is 0 Å². The average molecular weight is 457 g/mol. The Morgan fingerprint density at radius 1 is 0.719 bits per heavy atom. The maximum absolute atomic E-state index is 13.0. The molecule has 1 N–H and O–H groups in total. The van der Waals surface area contributed by atoms with Crippen molar-refractivity contribution in [1.82, 2.24) is 4.90 Å². The minimum atomic E-state index is -4.43. The molecule has 3 unspecified atom stereocenters. The number of nitrogens with zero attached hydrogens (tertiary/aromatic N) is 1. The Hall–Kier alpha value is -2.06. The van der Waals surface area contributed by atoms with Gasteiger partial charge in [-0.25, -0.2) is 0 Å². The van der Waals surface area contributed by atoms with Gasteiger partial charge in [0.05, 0.1) is 17.2 Å². The third-order valence-corrected chi connectivity index (χ3v) is 7.44. The standard InChI is InChI=1S/C24H25F6NO/c1-31(2)22-11-18(14-3-7-16(8-4-14)23(25,26)27)21(20(32)13-22)19(12-22)15-5-9-17(10-6-15)24(28,29)30/h3-10,18-21,32H,11-13H2,1-2H3. The quantitative estimate of drug-likeness (QED) is 0.566.